The summed E-state index contributed by atoms with van der Waals surface area (Å²) in [4.78, 5) is 0. The minimum atomic E-state index is -0.633. The summed E-state index contributed by atoms with van der Waals surface area (Å²) in [6, 6.07) is 9.05. The number of rotatable bonds is 5. The fourth-order valence-electron chi connectivity index (χ4n) is 1.86. The zero-order valence-corrected chi connectivity index (χ0v) is 11.4. The smallest absolute Gasteiger partial charge is 0.169 e. The van der Waals surface area contributed by atoms with Gasteiger partial charge in [0.1, 0.15) is 17.4 Å². The Kier molecular flexibility index (Phi) is 4.39. The van der Waals surface area contributed by atoms with Crippen LogP contribution in [0.3, 0.4) is 0 Å². The van der Waals surface area contributed by atoms with E-state index in [4.69, 9.17) is 25.7 Å². The molecule has 0 aliphatic carbocycles. The van der Waals surface area contributed by atoms with Crippen LogP contribution < -0.4 is 15.2 Å². The van der Waals surface area contributed by atoms with Crippen molar-refractivity contribution >= 4 is 5.84 Å². The Morgan fingerprint density at radius 3 is 2.62 bits per heavy atom. The molecule has 0 bridgehead atoms. The Hall–Kier alpha value is -2.60. The highest BCUT2D eigenvalue weighted by molar-refractivity contribution is 5.98. The van der Waals surface area contributed by atoms with Crippen LogP contribution in [0.2, 0.25) is 0 Å². The van der Waals surface area contributed by atoms with E-state index in [2.05, 4.69) is 0 Å². The van der Waals surface area contributed by atoms with E-state index in [1.807, 2.05) is 0 Å². The fraction of sp³-hybridized carbons (Fsp3) is 0.133. The van der Waals surface area contributed by atoms with Crippen molar-refractivity contribution in [3.63, 3.8) is 0 Å². The zero-order chi connectivity index (χ0) is 15.4. The number of amidine groups is 1. The van der Waals surface area contributed by atoms with E-state index < -0.39 is 11.7 Å². The summed E-state index contributed by atoms with van der Waals surface area (Å²) in [5.41, 5.74) is 5.94. The van der Waals surface area contributed by atoms with Gasteiger partial charge in [0, 0.05) is 0 Å². The molecule has 0 fully saturated rings. The predicted molar refractivity (Wildman–Crippen MR) is 76.4 cm³/mol. The molecular weight excluding hydrogens is 275 g/mol. The molecule has 2 aromatic carbocycles. The number of nitrogen functional groups attached to an aromatic ring is 1. The second-order valence-electron chi connectivity index (χ2n) is 4.27. The van der Waals surface area contributed by atoms with Gasteiger partial charge in [0.15, 0.2) is 11.5 Å². The molecule has 2 rings (SSSR count). The molecule has 0 saturated carbocycles. The number of hydrogen-bond donors (Lipinski definition) is 3. The average molecular weight is 290 g/mol. The number of methoxy groups -OCH3 is 1. The molecule has 0 saturated heterocycles. The van der Waals surface area contributed by atoms with Crippen molar-refractivity contribution in [3.8, 4) is 17.2 Å². The number of benzene rings is 2. The predicted octanol–water partition coefficient (Wildman–Crippen LogP) is 2.40. The molecule has 0 radical (unpaired) electrons. The molecule has 5 nitrogen and oxygen atoms in total. The van der Waals surface area contributed by atoms with E-state index in [1.165, 1.54) is 25.3 Å². The van der Waals surface area contributed by atoms with Crippen molar-refractivity contribution in [2.24, 2.45) is 5.73 Å². The van der Waals surface area contributed by atoms with Crippen LogP contribution in [0.5, 0.6) is 17.2 Å². The molecule has 110 valence electrons. The summed E-state index contributed by atoms with van der Waals surface area (Å²) in [7, 11) is 1.46. The summed E-state index contributed by atoms with van der Waals surface area (Å²) in [6.45, 7) is -0.130. The largest absolute Gasteiger partial charge is 0.493 e. The Balaban J connectivity index is 2.43. The van der Waals surface area contributed by atoms with E-state index in [-0.39, 0.29) is 17.9 Å². The van der Waals surface area contributed by atoms with Crippen LogP contribution in [0.4, 0.5) is 4.39 Å². The number of aliphatic hydroxyl groups excluding tert-OH is 1. The maximum Gasteiger partial charge on any atom is 0.169 e. The number of nitrogens with one attached hydrogen (secondary N) is 1. The SMILES string of the molecule is COc1cc(CO)ccc1Oc1cccc(F)c1C(=N)N. The van der Waals surface area contributed by atoms with Crippen molar-refractivity contribution in [2.75, 3.05) is 7.11 Å². The number of nitrogens with two attached hydrogens (primary N) is 1. The molecule has 0 heterocycles. The molecule has 0 aliphatic heterocycles. The van der Waals surface area contributed by atoms with Gasteiger partial charge < -0.3 is 20.3 Å². The van der Waals surface area contributed by atoms with Crippen molar-refractivity contribution in [2.45, 2.75) is 6.61 Å². The Morgan fingerprint density at radius 1 is 1.24 bits per heavy atom. The van der Waals surface area contributed by atoms with E-state index >= 15 is 0 Å². The summed E-state index contributed by atoms with van der Waals surface area (Å²) < 4.78 is 24.5. The Morgan fingerprint density at radius 2 is 2.00 bits per heavy atom. The van der Waals surface area contributed by atoms with Crippen molar-refractivity contribution in [3.05, 3.63) is 53.3 Å². The van der Waals surface area contributed by atoms with Crippen LogP contribution in [-0.2, 0) is 6.61 Å². The van der Waals surface area contributed by atoms with Gasteiger partial charge in [-0.1, -0.05) is 12.1 Å². The van der Waals surface area contributed by atoms with Gasteiger partial charge in [-0.05, 0) is 29.8 Å². The first-order chi connectivity index (χ1) is 10.1. The van der Waals surface area contributed by atoms with Crippen LogP contribution in [0.1, 0.15) is 11.1 Å². The molecule has 0 aromatic heterocycles. The minimum Gasteiger partial charge on any atom is -0.493 e. The van der Waals surface area contributed by atoms with Gasteiger partial charge in [-0.2, -0.15) is 0 Å². The van der Waals surface area contributed by atoms with Gasteiger partial charge >= 0.3 is 0 Å². The summed E-state index contributed by atoms with van der Waals surface area (Å²) >= 11 is 0. The zero-order valence-electron chi connectivity index (χ0n) is 11.4. The molecule has 0 unspecified atom stereocenters. The third kappa shape index (κ3) is 3.11. The lowest BCUT2D eigenvalue weighted by atomic mass is 10.1. The standard InChI is InChI=1S/C15H15FN2O3/c1-20-13-7-9(8-19)5-6-11(13)21-12-4-2-3-10(16)14(12)15(17)18/h2-7,19H,8H2,1H3,(H3,17,18). The monoisotopic (exact) mass is 290 g/mol. The maximum absolute atomic E-state index is 13.7. The molecule has 6 heteroatoms. The first-order valence-electron chi connectivity index (χ1n) is 6.15. The van der Waals surface area contributed by atoms with E-state index in [1.54, 1.807) is 18.2 Å². The highest BCUT2D eigenvalue weighted by Crippen LogP contribution is 2.34. The fourth-order valence-corrected chi connectivity index (χ4v) is 1.86. The third-order valence-electron chi connectivity index (χ3n) is 2.88. The van der Waals surface area contributed by atoms with Gasteiger partial charge in [0.25, 0.3) is 0 Å². The average Bonchev–Trinajstić information content (AvgIpc) is 2.47. The van der Waals surface area contributed by atoms with E-state index in [0.29, 0.717) is 17.1 Å². The van der Waals surface area contributed by atoms with Gasteiger partial charge in [0.2, 0.25) is 0 Å². The number of halogens is 1. The first kappa shape index (κ1) is 14.8. The van der Waals surface area contributed by atoms with E-state index in [0.717, 1.165) is 0 Å². The molecule has 21 heavy (non-hydrogen) atoms. The first-order valence-corrected chi connectivity index (χ1v) is 6.15. The van der Waals surface area contributed by atoms with Crippen molar-refractivity contribution in [1.29, 1.82) is 5.41 Å². The molecule has 0 aliphatic rings. The lowest BCUT2D eigenvalue weighted by Crippen LogP contribution is -2.14. The summed E-state index contributed by atoms with van der Waals surface area (Å²) in [5, 5.41) is 16.5. The van der Waals surface area contributed by atoms with Crippen LogP contribution in [0, 0.1) is 11.2 Å². The minimum absolute atomic E-state index is 0.106. The topological polar surface area (TPSA) is 88.6 Å². The molecular formula is C15H15FN2O3. The number of ether oxygens (including phenoxy) is 2. The van der Waals surface area contributed by atoms with Crippen LogP contribution in [0.15, 0.2) is 36.4 Å². The van der Waals surface area contributed by atoms with Crippen molar-refractivity contribution in [1.82, 2.24) is 0 Å². The number of hydrogen-bond acceptors (Lipinski definition) is 4. The quantitative estimate of drug-likeness (QED) is 0.583. The van der Waals surface area contributed by atoms with Gasteiger partial charge in [0.05, 0.1) is 19.3 Å². The lowest BCUT2D eigenvalue weighted by molar-refractivity contribution is 0.280. The normalized spacial score (nSPS) is 10.2. The maximum atomic E-state index is 13.7. The Labute approximate surface area is 121 Å². The lowest BCUT2D eigenvalue weighted by Gasteiger charge is -2.14. The highest BCUT2D eigenvalue weighted by Gasteiger charge is 2.15. The van der Waals surface area contributed by atoms with E-state index in [9.17, 15) is 4.39 Å². The summed E-state index contributed by atoms with van der Waals surface area (Å²) in [6.07, 6.45) is 0. The van der Waals surface area contributed by atoms with Crippen LogP contribution in [0.25, 0.3) is 0 Å². The molecule has 0 amide bonds. The second kappa shape index (κ2) is 6.23. The molecule has 0 atom stereocenters. The Bertz CT molecular complexity index is 674. The van der Waals surface area contributed by atoms with Crippen LogP contribution >= 0.6 is 0 Å². The van der Waals surface area contributed by atoms with Gasteiger partial charge in [-0.3, -0.25) is 5.41 Å². The van der Waals surface area contributed by atoms with Gasteiger partial charge in [-0.25, -0.2) is 4.39 Å². The summed E-state index contributed by atoms with van der Waals surface area (Å²) in [5.74, 6) is -0.208. The number of aliphatic hydroxyl groups is 1. The molecule has 4 N–H and O–H groups in total. The molecule has 2 aromatic rings. The molecule has 0 spiro atoms. The van der Waals surface area contributed by atoms with Crippen LogP contribution in [-0.4, -0.2) is 18.1 Å². The van der Waals surface area contributed by atoms with Gasteiger partial charge in [-0.15, -0.1) is 0 Å². The van der Waals surface area contributed by atoms with Crippen molar-refractivity contribution < 1.29 is 19.0 Å². The highest BCUT2D eigenvalue weighted by atomic mass is 19.1. The second-order valence-corrected chi connectivity index (χ2v) is 4.27. The third-order valence-corrected chi connectivity index (χ3v) is 2.88.